The van der Waals surface area contributed by atoms with Crippen molar-refractivity contribution in [3.05, 3.63) is 45.0 Å². The number of nitrogens with two attached hydrogens (primary N) is 1. The number of amides is 1. The minimum atomic E-state index is -0.461. The summed E-state index contributed by atoms with van der Waals surface area (Å²) in [6.07, 6.45) is 1.43. The van der Waals surface area contributed by atoms with E-state index in [1.807, 2.05) is 0 Å². The molecule has 1 heterocycles. The molecule has 1 aromatic carbocycles. The highest BCUT2D eigenvalue weighted by molar-refractivity contribution is 9.10. The number of nitrogens with zero attached hydrogens (tertiary/aromatic N) is 1. The van der Waals surface area contributed by atoms with Crippen molar-refractivity contribution in [1.29, 1.82) is 0 Å². The van der Waals surface area contributed by atoms with Gasteiger partial charge in [-0.2, -0.15) is 0 Å². The summed E-state index contributed by atoms with van der Waals surface area (Å²) in [6, 6.07) is 6.23. The molecule has 0 radical (unpaired) electrons. The van der Waals surface area contributed by atoms with Crippen molar-refractivity contribution < 1.29 is 9.90 Å². The van der Waals surface area contributed by atoms with Gasteiger partial charge in [-0.15, -0.1) is 0 Å². The van der Waals surface area contributed by atoms with E-state index < -0.39 is 5.91 Å². The molecule has 0 saturated heterocycles. The molecule has 7 heteroatoms. The molecular formula is C12H9Br2N3O2. The summed E-state index contributed by atoms with van der Waals surface area (Å²) in [5, 5.41) is 12.3. The van der Waals surface area contributed by atoms with Gasteiger partial charge in [0.1, 0.15) is 11.6 Å². The number of pyridine rings is 1. The molecule has 19 heavy (non-hydrogen) atoms. The second kappa shape index (κ2) is 5.58. The Morgan fingerprint density at radius 1 is 1.32 bits per heavy atom. The highest BCUT2D eigenvalue weighted by atomic mass is 79.9. The smallest absolute Gasteiger partial charge is 0.260 e. The van der Waals surface area contributed by atoms with Gasteiger partial charge in [0.05, 0.1) is 21.9 Å². The number of carbonyl (C=O) groups excluding carboxylic acids is 1. The Balaban J connectivity index is 2.28. The Morgan fingerprint density at radius 2 is 2.05 bits per heavy atom. The molecule has 0 aliphatic carbocycles. The molecule has 0 bridgehead atoms. The van der Waals surface area contributed by atoms with Gasteiger partial charge >= 0.3 is 0 Å². The van der Waals surface area contributed by atoms with Gasteiger partial charge in [0.15, 0.2) is 0 Å². The van der Waals surface area contributed by atoms with Crippen molar-refractivity contribution in [2.45, 2.75) is 0 Å². The average molecular weight is 387 g/mol. The minimum absolute atomic E-state index is 0.104. The fourth-order valence-corrected chi connectivity index (χ4v) is 2.24. The summed E-state index contributed by atoms with van der Waals surface area (Å²) in [7, 11) is 0. The van der Waals surface area contributed by atoms with Crippen LogP contribution in [0.25, 0.3) is 0 Å². The van der Waals surface area contributed by atoms with E-state index >= 15 is 0 Å². The molecule has 5 nitrogen and oxygen atoms in total. The summed E-state index contributed by atoms with van der Waals surface area (Å²) in [4.78, 5) is 16.0. The predicted octanol–water partition coefficient (Wildman–Crippen LogP) is 3.15. The molecule has 0 spiro atoms. The van der Waals surface area contributed by atoms with E-state index in [9.17, 15) is 9.90 Å². The number of carbonyl (C=O) groups is 1. The third-order valence-corrected chi connectivity index (χ3v) is 3.40. The van der Waals surface area contributed by atoms with E-state index in [0.29, 0.717) is 20.5 Å². The van der Waals surface area contributed by atoms with Crippen LogP contribution >= 0.6 is 31.9 Å². The van der Waals surface area contributed by atoms with E-state index in [2.05, 4.69) is 42.2 Å². The van der Waals surface area contributed by atoms with Crippen LogP contribution in [-0.4, -0.2) is 16.0 Å². The van der Waals surface area contributed by atoms with Crippen molar-refractivity contribution in [1.82, 2.24) is 4.98 Å². The fraction of sp³-hybridized carbons (Fsp3) is 0. The third-order valence-electron chi connectivity index (χ3n) is 2.30. The fourth-order valence-electron chi connectivity index (χ4n) is 1.41. The van der Waals surface area contributed by atoms with E-state index in [1.165, 1.54) is 18.3 Å². The topological polar surface area (TPSA) is 88.2 Å². The Bertz CT molecular complexity index is 647. The van der Waals surface area contributed by atoms with E-state index in [-0.39, 0.29) is 11.3 Å². The lowest BCUT2D eigenvalue weighted by Crippen LogP contribution is -2.13. The number of anilines is 2. The lowest BCUT2D eigenvalue weighted by atomic mass is 10.2. The van der Waals surface area contributed by atoms with Gasteiger partial charge in [-0.25, -0.2) is 4.98 Å². The van der Waals surface area contributed by atoms with Crippen LogP contribution in [0.4, 0.5) is 11.5 Å². The number of hydrogen-bond donors (Lipinski definition) is 3. The predicted molar refractivity (Wildman–Crippen MR) is 80.1 cm³/mol. The van der Waals surface area contributed by atoms with Gasteiger partial charge in [-0.3, -0.25) is 4.79 Å². The number of rotatable bonds is 2. The summed E-state index contributed by atoms with van der Waals surface area (Å²) in [5.74, 6) is -0.234. The Labute approximate surface area is 126 Å². The van der Waals surface area contributed by atoms with Crippen LogP contribution in [0.5, 0.6) is 5.75 Å². The second-order valence-corrected chi connectivity index (χ2v) is 5.48. The zero-order chi connectivity index (χ0) is 14.0. The number of nitrogens with one attached hydrogen (secondary N) is 1. The Hall–Kier alpha value is -1.60. The molecule has 2 rings (SSSR count). The first kappa shape index (κ1) is 13.8. The Morgan fingerprint density at radius 3 is 2.74 bits per heavy atom. The third kappa shape index (κ3) is 3.24. The van der Waals surface area contributed by atoms with Crippen LogP contribution in [0.1, 0.15) is 10.4 Å². The molecule has 0 atom stereocenters. The van der Waals surface area contributed by atoms with Crippen molar-refractivity contribution >= 4 is 49.3 Å². The molecule has 0 fully saturated rings. The highest BCUT2D eigenvalue weighted by Gasteiger charge is 2.14. The SMILES string of the molecule is Nc1cnc(NC(=O)c2cc(Br)ccc2O)c(Br)c1. The van der Waals surface area contributed by atoms with Crippen molar-refractivity contribution in [3.63, 3.8) is 0 Å². The van der Waals surface area contributed by atoms with Gasteiger partial charge in [0, 0.05) is 4.47 Å². The van der Waals surface area contributed by atoms with Crippen molar-refractivity contribution in [2.75, 3.05) is 11.1 Å². The maximum absolute atomic E-state index is 12.0. The van der Waals surface area contributed by atoms with E-state index in [1.54, 1.807) is 12.1 Å². The molecule has 1 amide bonds. The standard InChI is InChI=1S/C12H9Br2N3O2/c13-6-1-2-10(18)8(3-6)12(19)17-11-9(14)4-7(15)5-16-11/h1-5,18H,15H2,(H,16,17,19). The first-order valence-electron chi connectivity index (χ1n) is 5.18. The minimum Gasteiger partial charge on any atom is -0.507 e. The second-order valence-electron chi connectivity index (χ2n) is 3.71. The molecule has 2 aromatic rings. The van der Waals surface area contributed by atoms with E-state index in [4.69, 9.17) is 5.73 Å². The van der Waals surface area contributed by atoms with E-state index in [0.717, 1.165) is 0 Å². The first-order chi connectivity index (χ1) is 8.97. The van der Waals surface area contributed by atoms with Gasteiger partial charge < -0.3 is 16.2 Å². The van der Waals surface area contributed by atoms with Gasteiger partial charge in [-0.05, 0) is 40.2 Å². The quantitative estimate of drug-likeness (QED) is 0.739. The van der Waals surface area contributed by atoms with Gasteiger partial charge in [-0.1, -0.05) is 15.9 Å². The normalized spacial score (nSPS) is 10.2. The van der Waals surface area contributed by atoms with Crippen LogP contribution in [0.2, 0.25) is 0 Å². The maximum atomic E-state index is 12.0. The molecular weight excluding hydrogens is 378 g/mol. The molecule has 0 aliphatic heterocycles. The van der Waals surface area contributed by atoms with Crippen LogP contribution in [0.3, 0.4) is 0 Å². The Kier molecular flexibility index (Phi) is 4.06. The number of phenolic OH excluding ortho intramolecular Hbond substituents is 1. The molecule has 1 aromatic heterocycles. The summed E-state index contributed by atoms with van der Waals surface area (Å²) in [5.41, 5.74) is 6.20. The summed E-state index contributed by atoms with van der Waals surface area (Å²) < 4.78 is 1.26. The number of aromatic nitrogens is 1. The highest BCUT2D eigenvalue weighted by Crippen LogP contribution is 2.25. The average Bonchev–Trinajstić information content (AvgIpc) is 2.35. The molecule has 0 saturated carbocycles. The molecule has 0 unspecified atom stereocenters. The molecule has 0 aliphatic rings. The maximum Gasteiger partial charge on any atom is 0.260 e. The molecule has 4 N–H and O–H groups in total. The number of nitrogen functional groups attached to an aromatic ring is 1. The van der Waals surface area contributed by atoms with Gasteiger partial charge in [0.2, 0.25) is 0 Å². The summed E-state index contributed by atoms with van der Waals surface area (Å²) >= 11 is 6.49. The largest absolute Gasteiger partial charge is 0.507 e. The van der Waals surface area contributed by atoms with Crippen LogP contribution in [-0.2, 0) is 0 Å². The monoisotopic (exact) mass is 385 g/mol. The number of aromatic hydroxyl groups is 1. The lowest BCUT2D eigenvalue weighted by Gasteiger charge is -2.08. The van der Waals surface area contributed by atoms with Crippen LogP contribution in [0, 0.1) is 0 Å². The van der Waals surface area contributed by atoms with Gasteiger partial charge in [0.25, 0.3) is 5.91 Å². The molecule has 98 valence electrons. The van der Waals surface area contributed by atoms with Crippen molar-refractivity contribution in [2.24, 2.45) is 0 Å². The summed E-state index contributed by atoms with van der Waals surface area (Å²) in [6.45, 7) is 0. The zero-order valence-corrected chi connectivity index (χ0v) is 12.7. The number of benzene rings is 1. The van der Waals surface area contributed by atoms with Crippen LogP contribution in [0.15, 0.2) is 39.4 Å². The lowest BCUT2D eigenvalue weighted by molar-refractivity contribution is 0.102. The number of phenols is 1. The van der Waals surface area contributed by atoms with Crippen molar-refractivity contribution in [3.8, 4) is 5.75 Å². The zero-order valence-electron chi connectivity index (χ0n) is 9.52. The number of hydrogen-bond acceptors (Lipinski definition) is 4. The van der Waals surface area contributed by atoms with Crippen LogP contribution < -0.4 is 11.1 Å². The first-order valence-corrected chi connectivity index (χ1v) is 6.77. The number of halogens is 2.